The molecule has 0 saturated heterocycles. The number of rotatable bonds is 4. The molecule has 0 saturated carbocycles. The smallest absolute Gasteiger partial charge is 0.144 e. The van der Waals surface area contributed by atoms with Gasteiger partial charge in [-0.05, 0) is 28.8 Å². The van der Waals surface area contributed by atoms with E-state index in [1.165, 1.54) is 11.1 Å². The average molecular weight is 415 g/mol. The van der Waals surface area contributed by atoms with Crippen LogP contribution < -0.4 is 5.32 Å². The van der Waals surface area contributed by atoms with Gasteiger partial charge in [0.2, 0.25) is 0 Å². The molecule has 0 unspecified atom stereocenters. The first kappa shape index (κ1) is 17.8. The molecule has 0 spiro atoms. The van der Waals surface area contributed by atoms with Crippen LogP contribution in [0.4, 0.5) is 11.6 Å². The summed E-state index contributed by atoms with van der Waals surface area (Å²) in [6.07, 6.45) is 1.56. The van der Waals surface area contributed by atoms with E-state index in [-0.39, 0.29) is 0 Å². The summed E-state index contributed by atoms with van der Waals surface area (Å²) >= 11 is 7.62. The van der Waals surface area contributed by atoms with Gasteiger partial charge in [0.25, 0.3) is 0 Å². The standard InChI is InChI=1S/C23H15ClN4S/c24-19-7-4-8-20(27-19)28-22-21-18(13-29-23(21)26-14-25-22)17-11-9-16(10-12-17)15-5-2-1-3-6-15/h1-14H,(H,25,26,27,28). The molecule has 3 heterocycles. The number of fused-ring (bicyclic) bond motifs is 1. The van der Waals surface area contributed by atoms with E-state index in [9.17, 15) is 0 Å². The van der Waals surface area contributed by atoms with Crippen LogP contribution >= 0.6 is 22.9 Å². The van der Waals surface area contributed by atoms with E-state index in [0.29, 0.717) is 16.8 Å². The molecule has 140 valence electrons. The summed E-state index contributed by atoms with van der Waals surface area (Å²) in [7, 11) is 0. The number of hydrogen-bond acceptors (Lipinski definition) is 5. The summed E-state index contributed by atoms with van der Waals surface area (Å²) in [5.74, 6) is 1.36. The van der Waals surface area contributed by atoms with E-state index in [0.717, 1.165) is 21.3 Å². The van der Waals surface area contributed by atoms with Gasteiger partial charge in [0, 0.05) is 10.9 Å². The summed E-state index contributed by atoms with van der Waals surface area (Å²) in [4.78, 5) is 14.1. The summed E-state index contributed by atoms with van der Waals surface area (Å²) in [6, 6.07) is 24.4. The number of pyridine rings is 1. The third-order valence-electron chi connectivity index (χ3n) is 4.63. The summed E-state index contributed by atoms with van der Waals surface area (Å²) < 4.78 is 0. The third-order valence-corrected chi connectivity index (χ3v) is 5.73. The highest BCUT2D eigenvalue weighted by molar-refractivity contribution is 7.17. The highest BCUT2D eigenvalue weighted by Gasteiger charge is 2.14. The van der Waals surface area contributed by atoms with Crippen molar-refractivity contribution in [1.29, 1.82) is 0 Å². The molecule has 3 aromatic heterocycles. The minimum Gasteiger partial charge on any atom is -0.324 e. The predicted molar refractivity (Wildman–Crippen MR) is 121 cm³/mol. The Morgan fingerprint density at radius 3 is 2.31 bits per heavy atom. The van der Waals surface area contributed by atoms with Gasteiger partial charge in [-0.25, -0.2) is 15.0 Å². The van der Waals surface area contributed by atoms with E-state index in [1.807, 2.05) is 18.2 Å². The number of benzene rings is 2. The van der Waals surface area contributed by atoms with Gasteiger partial charge < -0.3 is 5.32 Å². The second-order valence-corrected chi connectivity index (χ2v) is 7.71. The number of anilines is 2. The molecule has 0 aliphatic heterocycles. The Kier molecular flexibility index (Phi) is 4.68. The number of nitrogens with zero attached hydrogens (tertiary/aromatic N) is 3. The Balaban J connectivity index is 1.55. The van der Waals surface area contributed by atoms with Crippen LogP contribution in [-0.2, 0) is 0 Å². The number of halogens is 1. The fraction of sp³-hybridized carbons (Fsp3) is 0. The molecule has 6 heteroatoms. The first-order valence-corrected chi connectivity index (χ1v) is 10.3. The number of nitrogens with one attached hydrogen (secondary N) is 1. The Bertz CT molecular complexity index is 1280. The maximum Gasteiger partial charge on any atom is 0.144 e. The molecular formula is C23H15ClN4S. The van der Waals surface area contributed by atoms with Crippen molar-refractivity contribution in [1.82, 2.24) is 15.0 Å². The van der Waals surface area contributed by atoms with Crippen LogP contribution in [0, 0.1) is 0 Å². The van der Waals surface area contributed by atoms with Crippen molar-refractivity contribution in [2.75, 3.05) is 5.32 Å². The molecule has 1 N–H and O–H groups in total. The molecule has 5 aromatic rings. The maximum absolute atomic E-state index is 6.02. The van der Waals surface area contributed by atoms with Gasteiger partial charge in [-0.1, -0.05) is 72.3 Å². The molecule has 0 bridgehead atoms. The van der Waals surface area contributed by atoms with Crippen molar-refractivity contribution in [3.8, 4) is 22.3 Å². The molecule has 0 radical (unpaired) electrons. The molecule has 29 heavy (non-hydrogen) atoms. The fourth-order valence-electron chi connectivity index (χ4n) is 3.25. The SMILES string of the molecule is Clc1cccc(Nc2ncnc3scc(-c4ccc(-c5ccccc5)cc4)c23)n1. The quantitative estimate of drug-likeness (QED) is 0.328. The maximum atomic E-state index is 6.02. The monoisotopic (exact) mass is 414 g/mol. The van der Waals surface area contributed by atoms with Crippen LogP contribution in [0.15, 0.2) is 84.5 Å². The Morgan fingerprint density at radius 1 is 0.759 bits per heavy atom. The van der Waals surface area contributed by atoms with Crippen LogP contribution in [0.5, 0.6) is 0 Å². The second kappa shape index (κ2) is 7.62. The van der Waals surface area contributed by atoms with E-state index in [2.05, 4.69) is 74.2 Å². The normalized spacial score (nSPS) is 10.9. The minimum atomic E-state index is 0.433. The Hall–Kier alpha value is -3.28. The lowest BCUT2D eigenvalue weighted by atomic mass is 10.0. The molecule has 4 nitrogen and oxygen atoms in total. The zero-order valence-corrected chi connectivity index (χ0v) is 16.8. The molecule has 0 fully saturated rings. The molecule has 2 aromatic carbocycles. The van der Waals surface area contributed by atoms with Crippen LogP contribution in [-0.4, -0.2) is 15.0 Å². The van der Waals surface area contributed by atoms with Crippen LogP contribution in [0.25, 0.3) is 32.5 Å². The molecule has 0 atom stereocenters. The molecule has 0 aliphatic rings. The largest absolute Gasteiger partial charge is 0.324 e. The van der Waals surface area contributed by atoms with Crippen molar-refractivity contribution < 1.29 is 0 Å². The lowest BCUT2D eigenvalue weighted by Crippen LogP contribution is -1.97. The fourth-order valence-corrected chi connectivity index (χ4v) is 4.33. The van der Waals surface area contributed by atoms with Gasteiger partial charge in [0.05, 0.1) is 5.39 Å². The van der Waals surface area contributed by atoms with Crippen LogP contribution in [0.3, 0.4) is 0 Å². The first-order chi connectivity index (χ1) is 14.3. The highest BCUT2D eigenvalue weighted by Crippen LogP contribution is 2.38. The van der Waals surface area contributed by atoms with Crippen molar-refractivity contribution >= 4 is 44.8 Å². The summed E-state index contributed by atoms with van der Waals surface area (Å²) in [5, 5.41) is 6.81. The number of aromatic nitrogens is 3. The Labute approximate surface area is 176 Å². The zero-order valence-electron chi connectivity index (χ0n) is 15.2. The van der Waals surface area contributed by atoms with Gasteiger partial charge in [0.1, 0.15) is 27.9 Å². The van der Waals surface area contributed by atoms with Crippen molar-refractivity contribution in [2.45, 2.75) is 0 Å². The predicted octanol–water partition coefficient (Wildman–Crippen LogP) is 6.82. The van der Waals surface area contributed by atoms with Crippen LogP contribution in [0.2, 0.25) is 5.15 Å². The lowest BCUT2D eigenvalue weighted by molar-refractivity contribution is 1.21. The zero-order chi connectivity index (χ0) is 19.6. The van der Waals surface area contributed by atoms with Crippen molar-refractivity contribution in [3.63, 3.8) is 0 Å². The summed E-state index contributed by atoms with van der Waals surface area (Å²) in [6.45, 7) is 0. The minimum absolute atomic E-state index is 0.433. The van der Waals surface area contributed by atoms with Gasteiger partial charge in [0.15, 0.2) is 0 Å². The van der Waals surface area contributed by atoms with E-state index in [1.54, 1.807) is 23.7 Å². The average Bonchev–Trinajstić information content (AvgIpc) is 3.20. The first-order valence-electron chi connectivity index (χ1n) is 9.05. The van der Waals surface area contributed by atoms with Crippen LogP contribution in [0.1, 0.15) is 0 Å². The number of thiophene rings is 1. The molecular weight excluding hydrogens is 400 g/mol. The van der Waals surface area contributed by atoms with Crippen molar-refractivity contribution in [3.05, 3.63) is 89.7 Å². The Morgan fingerprint density at radius 2 is 1.52 bits per heavy atom. The van der Waals surface area contributed by atoms with Gasteiger partial charge in [-0.2, -0.15) is 0 Å². The van der Waals surface area contributed by atoms with E-state index in [4.69, 9.17) is 11.6 Å². The van der Waals surface area contributed by atoms with Gasteiger partial charge in [-0.3, -0.25) is 0 Å². The number of hydrogen-bond donors (Lipinski definition) is 1. The third kappa shape index (κ3) is 3.58. The van der Waals surface area contributed by atoms with Gasteiger partial charge >= 0.3 is 0 Å². The topological polar surface area (TPSA) is 50.7 Å². The molecule has 5 rings (SSSR count). The highest BCUT2D eigenvalue weighted by atomic mass is 35.5. The van der Waals surface area contributed by atoms with Gasteiger partial charge in [-0.15, -0.1) is 11.3 Å². The second-order valence-electron chi connectivity index (χ2n) is 6.47. The molecule has 0 aliphatic carbocycles. The molecule has 0 amide bonds. The lowest BCUT2D eigenvalue weighted by Gasteiger charge is -2.08. The van der Waals surface area contributed by atoms with E-state index < -0.39 is 0 Å². The summed E-state index contributed by atoms with van der Waals surface area (Å²) in [5.41, 5.74) is 4.60. The van der Waals surface area contributed by atoms with E-state index >= 15 is 0 Å². The van der Waals surface area contributed by atoms with Crippen molar-refractivity contribution in [2.24, 2.45) is 0 Å².